The van der Waals surface area contributed by atoms with Crippen LogP contribution in [0.4, 0.5) is 0 Å². The Balaban J connectivity index is 4.18. The normalized spacial score (nSPS) is 13.8. The summed E-state index contributed by atoms with van der Waals surface area (Å²) in [6.45, 7) is 4.73. The molecule has 2 atom stereocenters. The van der Waals surface area contributed by atoms with E-state index < -0.39 is 13.9 Å². The topological polar surface area (TPSA) is 94.1 Å². The van der Waals surface area contributed by atoms with Crippen LogP contribution in [0.15, 0.2) is 24.5 Å². The summed E-state index contributed by atoms with van der Waals surface area (Å²) in [5.41, 5.74) is 0. The highest BCUT2D eigenvalue weighted by Crippen LogP contribution is 2.38. The first-order valence-electron chi connectivity index (χ1n) is 24.1. The Morgan fingerprint density at radius 3 is 1.37 bits per heavy atom. The number of esters is 1. The van der Waals surface area contributed by atoms with E-state index in [1.54, 1.807) is 6.26 Å². The molecule has 0 fully saturated rings. The van der Waals surface area contributed by atoms with E-state index in [4.69, 9.17) is 18.5 Å². The highest BCUT2D eigenvalue weighted by Gasteiger charge is 2.19. The molecule has 0 saturated heterocycles. The van der Waals surface area contributed by atoms with Gasteiger partial charge in [-0.15, -0.1) is 0 Å². The third kappa shape index (κ3) is 45.7. The smallest absolute Gasteiger partial charge is 0.305 e. The Morgan fingerprint density at radius 1 is 0.544 bits per heavy atom. The number of hydrogen-bond donors (Lipinski definition) is 0. The molecule has 57 heavy (non-hydrogen) atoms. The van der Waals surface area contributed by atoms with Crippen molar-refractivity contribution in [1.82, 2.24) is 0 Å². The molecule has 0 radical (unpaired) electrons. The molecule has 0 aliphatic rings. The summed E-state index contributed by atoms with van der Waals surface area (Å²) < 4.78 is 34.4. The Labute approximate surface area is 353 Å². The number of nitrogens with zero attached hydrogens (tertiary/aromatic N) is 1. The third-order valence-corrected chi connectivity index (χ3v) is 11.6. The second-order valence-electron chi connectivity index (χ2n) is 17.5. The molecule has 0 bridgehead atoms. The van der Waals surface area contributed by atoms with Gasteiger partial charge in [0.1, 0.15) is 19.8 Å². The van der Waals surface area contributed by atoms with Crippen LogP contribution in [0.25, 0.3) is 0 Å². The summed E-state index contributed by atoms with van der Waals surface area (Å²) in [5.74, 6) is -0.289. The molecule has 2 unspecified atom stereocenters. The van der Waals surface area contributed by atoms with Gasteiger partial charge in [0.15, 0.2) is 6.10 Å². The van der Waals surface area contributed by atoms with E-state index in [1.165, 1.54) is 173 Å². The van der Waals surface area contributed by atoms with Gasteiger partial charge in [-0.25, -0.2) is 0 Å². The number of phosphoric ester groups is 1. The van der Waals surface area contributed by atoms with Gasteiger partial charge in [-0.3, -0.25) is 9.36 Å². The standard InChI is InChI=1S/C48H94NO7P/c1-6-8-10-12-14-16-18-20-22-24-25-26-27-29-31-33-35-37-39-41-48(50)54-45-47(46-56-57(51,52)55-44-42-49(3,4)5)53-43-40-38-36-34-32-30-28-23-21-19-17-15-13-11-9-7-2/h17,19,40,43,47H,6-16,18,20-39,41-42,44-46H2,1-5H3/b19-17-,43-40-. The molecule has 0 aromatic heterocycles. The van der Waals surface area contributed by atoms with Crippen LogP contribution < -0.4 is 4.89 Å². The first-order chi connectivity index (χ1) is 27.6. The first-order valence-corrected chi connectivity index (χ1v) is 25.6. The van der Waals surface area contributed by atoms with Crippen molar-refractivity contribution in [2.45, 2.75) is 232 Å². The number of unbranched alkanes of at least 4 members (excludes halogenated alkanes) is 29. The fourth-order valence-electron chi connectivity index (χ4n) is 6.76. The summed E-state index contributed by atoms with van der Waals surface area (Å²) in [4.78, 5) is 24.9. The molecular weight excluding hydrogens is 734 g/mol. The van der Waals surface area contributed by atoms with Gasteiger partial charge in [0.25, 0.3) is 7.82 Å². The molecule has 0 aromatic carbocycles. The van der Waals surface area contributed by atoms with E-state index in [1.807, 2.05) is 27.2 Å². The Morgan fingerprint density at radius 2 is 0.930 bits per heavy atom. The number of allylic oxidation sites excluding steroid dienone is 3. The minimum absolute atomic E-state index is 0.0281. The molecule has 0 saturated carbocycles. The quantitative estimate of drug-likeness (QED) is 0.0151. The molecule has 0 aromatic rings. The highest BCUT2D eigenvalue weighted by atomic mass is 31.2. The number of likely N-dealkylation sites (N-methyl/N-ethyl adjacent to an activating group) is 1. The molecule has 0 spiro atoms. The number of rotatable bonds is 45. The number of phosphoric acid groups is 1. The average molecular weight is 828 g/mol. The van der Waals surface area contributed by atoms with Gasteiger partial charge in [-0.05, 0) is 51.0 Å². The van der Waals surface area contributed by atoms with Crippen LogP contribution in [0.1, 0.15) is 226 Å². The minimum atomic E-state index is -4.52. The van der Waals surface area contributed by atoms with Crippen molar-refractivity contribution in [3.8, 4) is 0 Å². The Hall–Kier alpha value is -1.18. The monoisotopic (exact) mass is 828 g/mol. The van der Waals surface area contributed by atoms with Crippen molar-refractivity contribution in [1.29, 1.82) is 0 Å². The van der Waals surface area contributed by atoms with Gasteiger partial charge in [0.2, 0.25) is 0 Å². The molecule has 8 nitrogen and oxygen atoms in total. The largest absolute Gasteiger partial charge is 0.756 e. The van der Waals surface area contributed by atoms with Gasteiger partial charge in [0.05, 0.1) is 34.0 Å². The zero-order valence-electron chi connectivity index (χ0n) is 38.3. The Kier molecular flexibility index (Phi) is 40.7. The third-order valence-electron chi connectivity index (χ3n) is 10.6. The summed E-state index contributed by atoms with van der Waals surface area (Å²) in [5, 5.41) is 0. The summed E-state index contributed by atoms with van der Waals surface area (Å²) in [6, 6.07) is 0. The zero-order chi connectivity index (χ0) is 42.0. The Bertz CT molecular complexity index is 967. The molecule has 0 rings (SSSR count). The van der Waals surface area contributed by atoms with Crippen LogP contribution >= 0.6 is 7.82 Å². The average Bonchev–Trinajstić information content (AvgIpc) is 3.17. The van der Waals surface area contributed by atoms with E-state index in [0.717, 1.165) is 32.1 Å². The summed E-state index contributed by atoms with van der Waals surface area (Å²) in [7, 11) is 1.37. The summed E-state index contributed by atoms with van der Waals surface area (Å²) >= 11 is 0. The van der Waals surface area contributed by atoms with Gasteiger partial charge in [0, 0.05) is 6.42 Å². The molecule has 0 N–H and O–H groups in total. The number of carbonyl (C=O) groups is 1. The number of carbonyl (C=O) groups excluding carboxylic acids is 1. The van der Waals surface area contributed by atoms with E-state index >= 15 is 0 Å². The minimum Gasteiger partial charge on any atom is -0.756 e. The van der Waals surface area contributed by atoms with Crippen molar-refractivity contribution in [3.05, 3.63) is 24.5 Å². The van der Waals surface area contributed by atoms with Crippen molar-refractivity contribution in [3.63, 3.8) is 0 Å². The lowest BCUT2D eigenvalue weighted by Gasteiger charge is -2.28. The van der Waals surface area contributed by atoms with Gasteiger partial charge in [-0.1, -0.05) is 187 Å². The number of quaternary nitrogens is 1. The van der Waals surface area contributed by atoms with Gasteiger partial charge in [-0.2, -0.15) is 0 Å². The molecule has 338 valence electrons. The van der Waals surface area contributed by atoms with Crippen LogP contribution in [0, 0.1) is 0 Å². The van der Waals surface area contributed by atoms with Crippen molar-refractivity contribution in [2.24, 2.45) is 0 Å². The molecule has 0 aliphatic heterocycles. The van der Waals surface area contributed by atoms with E-state index in [-0.39, 0.29) is 25.8 Å². The lowest BCUT2D eigenvalue weighted by molar-refractivity contribution is -0.870. The highest BCUT2D eigenvalue weighted by molar-refractivity contribution is 7.45. The van der Waals surface area contributed by atoms with Crippen LogP contribution in [-0.4, -0.2) is 64.1 Å². The van der Waals surface area contributed by atoms with Crippen molar-refractivity contribution >= 4 is 13.8 Å². The molecule has 0 amide bonds. The molecule has 0 heterocycles. The van der Waals surface area contributed by atoms with Gasteiger partial charge >= 0.3 is 5.97 Å². The molecular formula is C48H94NO7P. The lowest BCUT2D eigenvalue weighted by Crippen LogP contribution is -2.37. The number of hydrogen-bond acceptors (Lipinski definition) is 7. The number of ether oxygens (including phenoxy) is 2. The summed E-state index contributed by atoms with van der Waals surface area (Å²) in [6.07, 6.45) is 48.7. The molecule has 9 heteroatoms. The van der Waals surface area contributed by atoms with Gasteiger partial charge < -0.3 is 27.9 Å². The first kappa shape index (κ1) is 55.8. The SMILES string of the molecule is CCCCCC/C=C\CCCCCCCC/C=C\OC(COC(=O)CCCCCCCCCCCCCCCCCCCCC)COP(=O)([O-])OCC[N+](C)(C)C. The zero-order valence-corrected chi connectivity index (χ0v) is 39.2. The van der Waals surface area contributed by atoms with Crippen LogP contribution in [0.2, 0.25) is 0 Å². The lowest BCUT2D eigenvalue weighted by atomic mass is 10.0. The van der Waals surface area contributed by atoms with E-state index in [9.17, 15) is 14.3 Å². The fraction of sp³-hybridized carbons (Fsp3) is 0.896. The van der Waals surface area contributed by atoms with Crippen LogP contribution in [0.5, 0.6) is 0 Å². The second kappa shape index (κ2) is 41.5. The van der Waals surface area contributed by atoms with E-state index in [0.29, 0.717) is 17.4 Å². The predicted octanol–water partition coefficient (Wildman–Crippen LogP) is 14.1. The van der Waals surface area contributed by atoms with Crippen molar-refractivity contribution < 1.29 is 37.3 Å². The van der Waals surface area contributed by atoms with E-state index in [2.05, 4.69) is 26.0 Å². The van der Waals surface area contributed by atoms with Crippen molar-refractivity contribution in [2.75, 3.05) is 47.5 Å². The fourth-order valence-corrected chi connectivity index (χ4v) is 7.49. The van der Waals surface area contributed by atoms with Crippen LogP contribution in [-0.2, 0) is 27.9 Å². The molecule has 0 aliphatic carbocycles. The predicted molar refractivity (Wildman–Crippen MR) is 240 cm³/mol. The van der Waals surface area contributed by atoms with Crippen LogP contribution in [0.3, 0.4) is 0 Å². The maximum Gasteiger partial charge on any atom is 0.305 e. The second-order valence-corrected chi connectivity index (χ2v) is 18.9. The maximum atomic E-state index is 12.5. The maximum absolute atomic E-state index is 12.5.